The topological polar surface area (TPSA) is 99.1 Å². The van der Waals surface area contributed by atoms with Gasteiger partial charge in [-0.1, -0.05) is 138 Å². The molecule has 4 unspecified atom stereocenters. The van der Waals surface area contributed by atoms with Gasteiger partial charge in [-0.3, -0.25) is 14.4 Å². The first kappa shape index (κ1) is 38.5. The average molecular weight is 703 g/mol. The fraction of sp³-hybridized carbons (Fsp3) is 0.386. The van der Waals surface area contributed by atoms with Gasteiger partial charge in [-0.05, 0) is 83.7 Å². The Labute approximate surface area is 309 Å². The van der Waals surface area contributed by atoms with Crippen LogP contribution >= 0.6 is 0 Å². The highest BCUT2D eigenvalue weighted by Gasteiger charge is 2.73. The molecule has 4 atom stereocenters. The zero-order valence-electron chi connectivity index (χ0n) is 31.5. The number of esters is 2. The summed E-state index contributed by atoms with van der Waals surface area (Å²) in [5, 5.41) is 9.53. The van der Waals surface area contributed by atoms with E-state index in [2.05, 4.69) is 20.8 Å². The first-order chi connectivity index (χ1) is 24.6. The third-order valence-electron chi connectivity index (χ3n) is 12.3. The number of carbonyl (C=O) groups is 3. The summed E-state index contributed by atoms with van der Waals surface area (Å²) in [4.78, 5) is 41.8. The first-order valence-corrected chi connectivity index (χ1v) is 18.0. The van der Waals surface area contributed by atoms with Gasteiger partial charge in [-0.15, -0.1) is 0 Å². The Morgan fingerprint density at radius 3 is 1.88 bits per heavy atom. The summed E-state index contributed by atoms with van der Waals surface area (Å²) >= 11 is 0. The molecule has 8 heteroatoms. The number of rotatable bonds is 15. The highest BCUT2D eigenvalue weighted by molar-refractivity contribution is 6.20. The molecule has 1 saturated carbocycles. The molecular formula is C44H51BO7. The Hall–Kier alpha value is -4.69. The van der Waals surface area contributed by atoms with Crippen molar-refractivity contribution in [3.63, 3.8) is 0 Å². The number of hydrogen-bond donors (Lipinski definition) is 1. The highest BCUT2D eigenvalue weighted by Crippen LogP contribution is 2.74. The lowest BCUT2D eigenvalue weighted by molar-refractivity contribution is -0.160. The number of ether oxygens (including phenoxy) is 2. The van der Waals surface area contributed by atoms with E-state index in [-0.39, 0.29) is 19.0 Å². The Bertz CT molecular complexity index is 1840. The maximum absolute atomic E-state index is 14.8. The van der Waals surface area contributed by atoms with Crippen LogP contribution in [0, 0.1) is 27.1 Å². The van der Waals surface area contributed by atoms with Crippen molar-refractivity contribution in [3.05, 3.63) is 126 Å². The molecule has 0 aliphatic heterocycles. The van der Waals surface area contributed by atoms with E-state index in [0.29, 0.717) is 18.6 Å². The van der Waals surface area contributed by atoms with Crippen molar-refractivity contribution in [2.24, 2.45) is 27.1 Å². The standard InChI is InChI=1S/C44H51BO7/c1-40(2,27-36(37(46)52-45-49)34-21-15-10-16-22-34)42(5,39(48)51-35-25-23-33(24-26-35)32-19-13-9-14-20-32)29-41(3,4)44(7)30-43(44,6)38(47)50-28-31-17-11-8-12-18-31/h8-26,36,45,49H,27-30H2,1-7H3. The second-order valence-corrected chi connectivity index (χ2v) is 16.2. The Morgan fingerprint density at radius 2 is 1.31 bits per heavy atom. The van der Waals surface area contributed by atoms with Gasteiger partial charge in [0.1, 0.15) is 12.4 Å². The van der Waals surface area contributed by atoms with Crippen LogP contribution in [0.3, 0.4) is 0 Å². The molecule has 0 spiro atoms. The van der Waals surface area contributed by atoms with Gasteiger partial charge < -0.3 is 19.2 Å². The molecule has 0 heterocycles. The van der Waals surface area contributed by atoms with Crippen LogP contribution in [0.2, 0.25) is 0 Å². The SMILES string of the molecule is CC(C)(CC(C(=O)OBO)c1ccccc1)C(C)(CC(C)(C)C1(C)CC1(C)C(=O)OCc1ccccc1)C(=O)Oc1ccc(-c2ccccc2)cc1. The van der Waals surface area contributed by atoms with Crippen molar-refractivity contribution in [2.45, 2.75) is 80.3 Å². The van der Waals surface area contributed by atoms with Crippen LogP contribution in [0.4, 0.5) is 0 Å². The fourth-order valence-corrected chi connectivity index (χ4v) is 7.98. The van der Waals surface area contributed by atoms with Gasteiger partial charge >= 0.3 is 19.6 Å². The minimum Gasteiger partial charge on any atom is -0.512 e. The molecule has 0 radical (unpaired) electrons. The van der Waals surface area contributed by atoms with Crippen molar-refractivity contribution in [3.8, 4) is 16.9 Å². The Balaban J connectivity index is 1.46. The lowest BCUT2D eigenvalue weighted by Crippen LogP contribution is -2.50. The van der Waals surface area contributed by atoms with Crippen LogP contribution in [0.15, 0.2) is 115 Å². The molecule has 0 bridgehead atoms. The number of hydrogen-bond acceptors (Lipinski definition) is 7. The van der Waals surface area contributed by atoms with Crippen LogP contribution in [0.25, 0.3) is 11.1 Å². The van der Waals surface area contributed by atoms with E-state index in [9.17, 15) is 19.4 Å². The van der Waals surface area contributed by atoms with Crippen LogP contribution in [-0.4, -0.2) is 30.6 Å². The molecule has 1 N–H and O–H groups in total. The van der Waals surface area contributed by atoms with Crippen LogP contribution in [0.5, 0.6) is 5.75 Å². The Kier molecular flexibility index (Phi) is 11.2. The van der Waals surface area contributed by atoms with E-state index in [1.165, 1.54) is 0 Å². The molecule has 7 nitrogen and oxygen atoms in total. The minimum atomic E-state index is -1.17. The quantitative estimate of drug-likeness (QED) is 0.0751. The van der Waals surface area contributed by atoms with Gasteiger partial charge in [0.25, 0.3) is 5.97 Å². The lowest BCUT2D eigenvalue weighted by atomic mass is 9.54. The molecule has 0 amide bonds. The summed E-state index contributed by atoms with van der Waals surface area (Å²) < 4.78 is 17.2. The van der Waals surface area contributed by atoms with Gasteiger partial charge in [-0.25, -0.2) is 0 Å². The second kappa shape index (κ2) is 15.1. The zero-order valence-corrected chi connectivity index (χ0v) is 31.5. The smallest absolute Gasteiger partial charge is 0.506 e. The maximum atomic E-state index is 14.8. The predicted octanol–water partition coefficient (Wildman–Crippen LogP) is 8.84. The van der Waals surface area contributed by atoms with E-state index in [0.717, 1.165) is 22.3 Å². The molecule has 272 valence electrons. The molecule has 0 aromatic heterocycles. The van der Waals surface area contributed by atoms with Crippen molar-refractivity contribution in [1.29, 1.82) is 0 Å². The summed E-state index contributed by atoms with van der Waals surface area (Å²) in [6.45, 7) is 14.3. The van der Waals surface area contributed by atoms with Crippen molar-refractivity contribution >= 4 is 25.6 Å². The molecule has 4 aromatic carbocycles. The van der Waals surface area contributed by atoms with Gasteiger partial charge in [0, 0.05) is 0 Å². The normalized spacial score (nSPS) is 20.2. The molecule has 1 aliphatic carbocycles. The first-order valence-electron chi connectivity index (χ1n) is 18.0. The van der Waals surface area contributed by atoms with E-state index >= 15 is 0 Å². The lowest BCUT2D eigenvalue weighted by Gasteiger charge is -2.49. The second-order valence-electron chi connectivity index (χ2n) is 16.2. The molecular weight excluding hydrogens is 651 g/mol. The summed E-state index contributed by atoms with van der Waals surface area (Å²) in [5.41, 5.74) is -0.148. The van der Waals surface area contributed by atoms with Crippen LogP contribution in [-0.2, 0) is 30.4 Å². The average Bonchev–Trinajstić information content (AvgIpc) is 3.74. The van der Waals surface area contributed by atoms with Crippen LogP contribution in [0.1, 0.15) is 84.8 Å². The summed E-state index contributed by atoms with van der Waals surface area (Å²) in [6, 6.07) is 36.3. The van der Waals surface area contributed by atoms with Gasteiger partial charge in [0.2, 0.25) is 0 Å². The highest BCUT2D eigenvalue weighted by atomic mass is 16.6. The van der Waals surface area contributed by atoms with E-state index in [1.807, 2.05) is 131 Å². The zero-order chi connectivity index (χ0) is 37.8. The number of benzene rings is 4. The largest absolute Gasteiger partial charge is 0.512 e. The number of carbonyl (C=O) groups excluding carboxylic acids is 3. The molecule has 1 fully saturated rings. The molecule has 1 aliphatic rings. The monoisotopic (exact) mass is 702 g/mol. The molecule has 52 heavy (non-hydrogen) atoms. The fourth-order valence-electron chi connectivity index (χ4n) is 7.98. The van der Waals surface area contributed by atoms with Crippen molar-refractivity contribution < 1.29 is 33.5 Å². The third kappa shape index (κ3) is 7.73. The Morgan fingerprint density at radius 1 is 0.769 bits per heavy atom. The van der Waals surface area contributed by atoms with E-state index < -0.39 is 52.6 Å². The van der Waals surface area contributed by atoms with E-state index in [1.54, 1.807) is 12.1 Å². The molecule has 0 saturated heterocycles. The maximum Gasteiger partial charge on any atom is 0.506 e. The van der Waals surface area contributed by atoms with Gasteiger partial charge in [-0.2, -0.15) is 0 Å². The molecule has 5 rings (SSSR count). The summed E-state index contributed by atoms with van der Waals surface area (Å²) in [5.74, 6) is -1.60. The summed E-state index contributed by atoms with van der Waals surface area (Å²) in [6.07, 6.45) is 1.18. The van der Waals surface area contributed by atoms with E-state index in [4.69, 9.17) is 14.1 Å². The summed E-state index contributed by atoms with van der Waals surface area (Å²) in [7, 11) is -0.745. The van der Waals surface area contributed by atoms with Crippen LogP contribution < -0.4 is 4.74 Å². The van der Waals surface area contributed by atoms with Gasteiger partial charge in [0.15, 0.2) is 0 Å². The third-order valence-corrected chi connectivity index (χ3v) is 12.3. The predicted molar refractivity (Wildman–Crippen MR) is 204 cm³/mol. The van der Waals surface area contributed by atoms with Gasteiger partial charge in [0.05, 0.1) is 16.7 Å². The van der Waals surface area contributed by atoms with Crippen molar-refractivity contribution in [1.82, 2.24) is 0 Å². The molecule has 4 aromatic rings. The van der Waals surface area contributed by atoms with Crippen molar-refractivity contribution in [2.75, 3.05) is 0 Å². The minimum absolute atomic E-state index is 0.191.